The first-order chi connectivity index (χ1) is 10.6. The second kappa shape index (κ2) is 5.54. The summed E-state index contributed by atoms with van der Waals surface area (Å²) < 4.78 is 45.0. The van der Waals surface area contributed by atoms with Gasteiger partial charge in [0.15, 0.2) is 5.71 Å². The van der Waals surface area contributed by atoms with E-state index in [0.29, 0.717) is 0 Å². The van der Waals surface area contributed by atoms with E-state index in [1.807, 2.05) is 0 Å². The number of aliphatic hydroxyl groups is 1. The SMILES string of the molecule is CCOC(=O)C(=N)C1(O)C(=O)Nc2ccc(OC(F)(F)F)cc21. The molecule has 1 aliphatic rings. The molecular formula is C13H11F3N2O5. The summed E-state index contributed by atoms with van der Waals surface area (Å²) in [7, 11) is 0. The van der Waals surface area contributed by atoms with Crippen LogP contribution < -0.4 is 10.1 Å². The minimum Gasteiger partial charge on any atom is -0.461 e. The van der Waals surface area contributed by atoms with Crippen LogP contribution in [0.1, 0.15) is 12.5 Å². The van der Waals surface area contributed by atoms with E-state index < -0.39 is 40.9 Å². The van der Waals surface area contributed by atoms with Gasteiger partial charge in [-0.1, -0.05) is 0 Å². The molecule has 7 nitrogen and oxygen atoms in total. The van der Waals surface area contributed by atoms with Gasteiger partial charge in [-0.3, -0.25) is 10.2 Å². The molecule has 124 valence electrons. The standard InChI is InChI=1S/C13H11F3N2O5/c1-2-22-10(19)9(17)12(21)7-5-6(23-13(14,15)16)3-4-8(7)18-11(12)20/h3-5,17,21H,2H2,1H3,(H,18,20). The Labute approximate surface area is 127 Å². The molecule has 0 aliphatic carbocycles. The van der Waals surface area contributed by atoms with Gasteiger partial charge in [0.2, 0.25) is 5.60 Å². The highest BCUT2D eigenvalue weighted by atomic mass is 19.4. The third kappa shape index (κ3) is 2.97. The number of carbonyl (C=O) groups excluding carboxylic acids is 2. The molecule has 1 aliphatic heterocycles. The van der Waals surface area contributed by atoms with Gasteiger partial charge in [0.05, 0.1) is 6.61 Å². The second-order valence-corrected chi connectivity index (χ2v) is 4.52. The number of rotatable bonds is 4. The normalized spacial score (nSPS) is 19.8. The van der Waals surface area contributed by atoms with E-state index in [0.717, 1.165) is 18.2 Å². The molecule has 0 fully saturated rings. The van der Waals surface area contributed by atoms with Crippen molar-refractivity contribution in [3.63, 3.8) is 0 Å². The minimum atomic E-state index is -4.98. The molecule has 0 saturated heterocycles. The van der Waals surface area contributed by atoms with E-state index in [1.165, 1.54) is 6.92 Å². The highest BCUT2D eigenvalue weighted by Gasteiger charge is 2.52. The maximum atomic E-state index is 12.3. The molecule has 2 rings (SSSR count). The van der Waals surface area contributed by atoms with Crippen LogP contribution in [-0.2, 0) is 19.9 Å². The predicted molar refractivity (Wildman–Crippen MR) is 70.0 cm³/mol. The Hall–Kier alpha value is -2.62. The number of anilines is 1. The molecule has 10 heteroatoms. The number of amides is 1. The molecule has 0 radical (unpaired) electrons. The molecule has 0 saturated carbocycles. The number of ether oxygens (including phenoxy) is 2. The molecule has 1 amide bonds. The average Bonchev–Trinajstić information content (AvgIpc) is 2.69. The van der Waals surface area contributed by atoms with E-state index in [4.69, 9.17) is 5.41 Å². The number of esters is 1. The van der Waals surface area contributed by atoms with Gasteiger partial charge in [0.1, 0.15) is 5.75 Å². The fourth-order valence-electron chi connectivity index (χ4n) is 2.06. The Kier molecular flexibility index (Phi) is 4.03. The summed E-state index contributed by atoms with van der Waals surface area (Å²) in [5.74, 6) is -3.11. The van der Waals surface area contributed by atoms with E-state index in [2.05, 4.69) is 14.8 Å². The Bertz CT molecular complexity index is 689. The van der Waals surface area contributed by atoms with Crippen molar-refractivity contribution in [1.82, 2.24) is 0 Å². The molecular weight excluding hydrogens is 321 g/mol. The summed E-state index contributed by atoms with van der Waals surface area (Å²) in [6.45, 7) is 1.34. The quantitative estimate of drug-likeness (QED) is 0.569. The number of carbonyl (C=O) groups is 2. The van der Waals surface area contributed by atoms with Crippen LogP contribution in [0, 0.1) is 5.41 Å². The van der Waals surface area contributed by atoms with E-state index in [9.17, 15) is 27.9 Å². The maximum Gasteiger partial charge on any atom is 0.573 e. The highest BCUT2D eigenvalue weighted by Crippen LogP contribution is 2.40. The molecule has 1 heterocycles. The Morgan fingerprint density at radius 1 is 1.43 bits per heavy atom. The molecule has 0 bridgehead atoms. The van der Waals surface area contributed by atoms with Crippen LogP contribution in [0.15, 0.2) is 18.2 Å². The van der Waals surface area contributed by atoms with Gasteiger partial charge >= 0.3 is 12.3 Å². The molecule has 23 heavy (non-hydrogen) atoms. The van der Waals surface area contributed by atoms with Crippen molar-refractivity contribution in [3.8, 4) is 5.75 Å². The van der Waals surface area contributed by atoms with Crippen molar-refractivity contribution in [2.45, 2.75) is 18.9 Å². The van der Waals surface area contributed by atoms with Crippen molar-refractivity contribution in [2.24, 2.45) is 0 Å². The topological polar surface area (TPSA) is 109 Å². The monoisotopic (exact) mass is 332 g/mol. The van der Waals surface area contributed by atoms with Gasteiger partial charge in [0, 0.05) is 11.3 Å². The smallest absolute Gasteiger partial charge is 0.461 e. The Morgan fingerprint density at radius 3 is 2.65 bits per heavy atom. The maximum absolute atomic E-state index is 12.3. The summed E-state index contributed by atoms with van der Waals surface area (Å²) in [5, 5.41) is 20.3. The van der Waals surface area contributed by atoms with Crippen LogP contribution in [0.25, 0.3) is 0 Å². The second-order valence-electron chi connectivity index (χ2n) is 4.52. The zero-order valence-electron chi connectivity index (χ0n) is 11.7. The van der Waals surface area contributed by atoms with Crippen LogP contribution in [0.3, 0.4) is 0 Å². The number of benzene rings is 1. The number of hydrogen-bond acceptors (Lipinski definition) is 6. The minimum absolute atomic E-state index is 0.0407. The first-order valence-electron chi connectivity index (χ1n) is 6.29. The number of fused-ring (bicyclic) bond motifs is 1. The van der Waals surface area contributed by atoms with E-state index in [1.54, 1.807) is 0 Å². The zero-order chi connectivity index (χ0) is 17.4. The van der Waals surface area contributed by atoms with Gasteiger partial charge in [-0.2, -0.15) is 0 Å². The number of alkyl halides is 3. The summed E-state index contributed by atoms with van der Waals surface area (Å²) >= 11 is 0. The Balaban J connectivity index is 2.45. The van der Waals surface area contributed by atoms with Crippen molar-refractivity contribution < 1.29 is 37.3 Å². The highest BCUT2D eigenvalue weighted by molar-refractivity contribution is 6.45. The molecule has 0 aromatic heterocycles. The van der Waals surface area contributed by atoms with Crippen LogP contribution >= 0.6 is 0 Å². The first-order valence-corrected chi connectivity index (χ1v) is 6.29. The lowest BCUT2D eigenvalue weighted by Crippen LogP contribution is -2.46. The molecule has 3 N–H and O–H groups in total. The summed E-state index contributed by atoms with van der Waals surface area (Å²) in [6, 6.07) is 2.71. The van der Waals surface area contributed by atoms with Crippen LogP contribution in [0.2, 0.25) is 0 Å². The molecule has 0 spiro atoms. The van der Waals surface area contributed by atoms with E-state index >= 15 is 0 Å². The Morgan fingerprint density at radius 2 is 2.09 bits per heavy atom. The lowest BCUT2D eigenvalue weighted by atomic mass is 9.90. The largest absolute Gasteiger partial charge is 0.573 e. The van der Waals surface area contributed by atoms with Gasteiger partial charge in [0.25, 0.3) is 5.91 Å². The van der Waals surface area contributed by atoms with Crippen molar-refractivity contribution >= 4 is 23.3 Å². The number of nitrogens with one attached hydrogen (secondary N) is 2. The van der Waals surface area contributed by atoms with Crippen molar-refractivity contribution in [3.05, 3.63) is 23.8 Å². The lowest BCUT2D eigenvalue weighted by Gasteiger charge is -2.21. The van der Waals surface area contributed by atoms with E-state index in [-0.39, 0.29) is 12.3 Å². The van der Waals surface area contributed by atoms with Crippen molar-refractivity contribution in [2.75, 3.05) is 11.9 Å². The fraction of sp³-hybridized carbons (Fsp3) is 0.308. The van der Waals surface area contributed by atoms with Crippen LogP contribution in [-0.4, -0.2) is 35.7 Å². The zero-order valence-corrected chi connectivity index (χ0v) is 11.7. The lowest BCUT2D eigenvalue weighted by molar-refractivity contribution is -0.274. The predicted octanol–water partition coefficient (Wildman–Crippen LogP) is 1.31. The van der Waals surface area contributed by atoms with Crippen LogP contribution in [0.5, 0.6) is 5.75 Å². The van der Waals surface area contributed by atoms with Gasteiger partial charge in [-0.15, -0.1) is 13.2 Å². The first kappa shape index (κ1) is 16.7. The molecule has 1 atom stereocenters. The molecule has 1 aromatic rings. The summed E-state index contributed by atoms with van der Waals surface area (Å²) in [5.41, 5.74) is -4.31. The van der Waals surface area contributed by atoms with Gasteiger partial charge in [-0.05, 0) is 25.1 Å². The van der Waals surface area contributed by atoms with Gasteiger partial charge in [-0.25, -0.2) is 4.79 Å². The van der Waals surface area contributed by atoms with Crippen molar-refractivity contribution in [1.29, 1.82) is 5.41 Å². The number of halogens is 3. The number of hydrogen-bond donors (Lipinski definition) is 3. The molecule has 1 unspecified atom stereocenters. The summed E-state index contributed by atoms with van der Waals surface area (Å²) in [4.78, 5) is 23.5. The van der Waals surface area contributed by atoms with Crippen LogP contribution in [0.4, 0.5) is 18.9 Å². The third-order valence-corrected chi connectivity index (χ3v) is 3.03. The van der Waals surface area contributed by atoms with Gasteiger partial charge < -0.3 is 19.9 Å². The summed E-state index contributed by atoms with van der Waals surface area (Å²) in [6.07, 6.45) is -4.98. The molecule has 1 aromatic carbocycles. The average molecular weight is 332 g/mol. The fourth-order valence-corrected chi connectivity index (χ4v) is 2.06. The third-order valence-electron chi connectivity index (χ3n) is 3.03.